The lowest BCUT2D eigenvalue weighted by atomic mass is 10.1. The summed E-state index contributed by atoms with van der Waals surface area (Å²) in [5.74, 6) is 1.01. The molecule has 0 aliphatic rings. The number of hydrogen-bond donors (Lipinski definition) is 4. The summed E-state index contributed by atoms with van der Waals surface area (Å²) >= 11 is 0. The van der Waals surface area contributed by atoms with Crippen LogP contribution in [0, 0.1) is 0 Å². The van der Waals surface area contributed by atoms with Gasteiger partial charge < -0.3 is 22.1 Å². The number of rotatable bonds is 5. The highest BCUT2D eigenvalue weighted by atomic mass is 15.0. The van der Waals surface area contributed by atoms with Crippen molar-refractivity contribution in [1.82, 2.24) is 9.97 Å². The number of nitrogens with zero attached hydrogens (tertiary/aromatic N) is 2. The zero-order valence-electron chi connectivity index (χ0n) is 14.2. The molecule has 0 aliphatic carbocycles. The third-order valence-electron chi connectivity index (χ3n) is 4.23. The smallest absolute Gasteiger partial charge is 0.126 e. The largest absolute Gasteiger partial charge is 0.384 e. The van der Waals surface area contributed by atoms with E-state index < -0.39 is 0 Å². The third kappa shape index (κ3) is 3.17. The number of nitrogens with two attached hydrogens (primary N) is 2. The van der Waals surface area contributed by atoms with E-state index in [2.05, 4.69) is 20.6 Å². The highest BCUT2D eigenvalue weighted by molar-refractivity contribution is 5.93. The van der Waals surface area contributed by atoms with E-state index in [1.165, 1.54) is 0 Å². The summed E-state index contributed by atoms with van der Waals surface area (Å²) in [5, 5.41) is 8.98. The number of fused-ring (bicyclic) bond motifs is 2. The Morgan fingerprint density at radius 2 is 1.08 bits per heavy atom. The molecule has 0 saturated heterocycles. The van der Waals surface area contributed by atoms with Gasteiger partial charge in [-0.25, -0.2) is 9.97 Å². The van der Waals surface area contributed by atoms with Crippen molar-refractivity contribution in [3.63, 3.8) is 0 Å². The van der Waals surface area contributed by atoms with Crippen LogP contribution in [0.5, 0.6) is 0 Å². The fraction of sp³-hybridized carbons (Fsp3) is 0.100. The number of pyridine rings is 2. The van der Waals surface area contributed by atoms with Gasteiger partial charge in [0.15, 0.2) is 0 Å². The van der Waals surface area contributed by atoms with Crippen LogP contribution in [-0.4, -0.2) is 23.1 Å². The molecule has 2 heterocycles. The van der Waals surface area contributed by atoms with Gasteiger partial charge >= 0.3 is 0 Å². The van der Waals surface area contributed by atoms with E-state index in [0.717, 1.165) is 46.3 Å². The summed E-state index contributed by atoms with van der Waals surface area (Å²) in [7, 11) is 0. The average Bonchev–Trinajstić information content (AvgIpc) is 2.64. The molecule has 2 aromatic heterocycles. The second-order valence-corrected chi connectivity index (χ2v) is 6.08. The molecule has 0 amide bonds. The molecule has 6 heteroatoms. The maximum atomic E-state index is 5.91. The van der Waals surface area contributed by atoms with Crippen LogP contribution in [0.2, 0.25) is 0 Å². The van der Waals surface area contributed by atoms with E-state index in [9.17, 15) is 0 Å². The Hall–Kier alpha value is -3.54. The molecule has 0 bridgehead atoms. The van der Waals surface area contributed by atoms with Crippen molar-refractivity contribution in [1.29, 1.82) is 0 Å². The number of benzene rings is 2. The highest BCUT2D eigenvalue weighted by Gasteiger charge is 2.05. The van der Waals surface area contributed by atoms with Crippen LogP contribution >= 0.6 is 0 Å². The Balaban J connectivity index is 1.48. The van der Waals surface area contributed by atoms with Gasteiger partial charge in [0.25, 0.3) is 0 Å². The number of aromatic nitrogens is 2. The molecule has 4 rings (SSSR count). The first-order valence-electron chi connectivity index (χ1n) is 8.49. The fourth-order valence-electron chi connectivity index (χ4n) is 3.08. The van der Waals surface area contributed by atoms with Crippen LogP contribution in [0.15, 0.2) is 60.7 Å². The van der Waals surface area contributed by atoms with Gasteiger partial charge in [0.1, 0.15) is 11.6 Å². The molecular weight excluding hydrogens is 324 g/mol. The van der Waals surface area contributed by atoms with Crippen LogP contribution in [0.25, 0.3) is 21.8 Å². The van der Waals surface area contributed by atoms with E-state index in [0.29, 0.717) is 11.6 Å². The monoisotopic (exact) mass is 344 g/mol. The van der Waals surface area contributed by atoms with Crippen LogP contribution in [0.1, 0.15) is 0 Å². The highest BCUT2D eigenvalue weighted by Crippen LogP contribution is 2.25. The van der Waals surface area contributed by atoms with Crippen LogP contribution in [0.3, 0.4) is 0 Å². The standard InChI is InChI=1S/C20H20N6/c21-19-11-17(13-5-1-3-7-15(13)25-19)23-9-10-24-18-12-20(22)26-16-8-4-2-6-14(16)18/h1-8,11-12H,9-10H2,(H3,21,23,25)(H3,22,24,26). The van der Waals surface area contributed by atoms with Gasteiger partial charge in [0.2, 0.25) is 0 Å². The lowest BCUT2D eigenvalue weighted by Gasteiger charge is -2.13. The van der Waals surface area contributed by atoms with Crippen LogP contribution < -0.4 is 22.1 Å². The quantitative estimate of drug-likeness (QED) is 0.414. The Morgan fingerprint density at radius 1 is 0.654 bits per heavy atom. The molecule has 0 radical (unpaired) electrons. The molecule has 0 atom stereocenters. The summed E-state index contributed by atoms with van der Waals surface area (Å²) < 4.78 is 0. The topological polar surface area (TPSA) is 102 Å². The number of para-hydroxylation sites is 2. The lowest BCUT2D eigenvalue weighted by Crippen LogP contribution is -2.14. The van der Waals surface area contributed by atoms with Gasteiger partial charge in [-0.05, 0) is 12.1 Å². The van der Waals surface area contributed by atoms with Crippen molar-refractivity contribution in [2.45, 2.75) is 0 Å². The van der Waals surface area contributed by atoms with E-state index in [4.69, 9.17) is 11.5 Å². The molecule has 0 saturated carbocycles. The first kappa shape index (κ1) is 16.0. The summed E-state index contributed by atoms with van der Waals surface area (Å²) in [6.07, 6.45) is 0. The predicted octanol–water partition coefficient (Wildman–Crippen LogP) is 3.47. The van der Waals surface area contributed by atoms with Gasteiger partial charge in [-0.15, -0.1) is 0 Å². The minimum atomic E-state index is 0.507. The van der Waals surface area contributed by atoms with Crippen molar-refractivity contribution < 1.29 is 0 Å². The van der Waals surface area contributed by atoms with Gasteiger partial charge in [0, 0.05) is 47.4 Å². The van der Waals surface area contributed by atoms with E-state index in [-0.39, 0.29) is 0 Å². The Kier molecular flexibility index (Phi) is 4.15. The summed E-state index contributed by atoms with van der Waals surface area (Å²) in [6.45, 7) is 1.45. The summed E-state index contributed by atoms with van der Waals surface area (Å²) in [5.41, 5.74) is 15.6. The first-order chi connectivity index (χ1) is 12.7. The first-order valence-corrected chi connectivity index (χ1v) is 8.49. The number of anilines is 4. The number of hydrogen-bond acceptors (Lipinski definition) is 6. The molecule has 4 aromatic rings. The lowest BCUT2D eigenvalue weighted by molar-refractivity contribution is 1.08. The minimum absolute atomic E-state index is 0.507. The van der Waals surface area contributed by atoms with Gasteiger partial charge in [0.05, 0.1) is 11.0 Å². The van der Waals surface area contributed by atoms with Crippen molar-refractivity contribution in [3.05, 3.63) is 60.7 Å². The normalized spacial score (nSPS) is 10.9. The van der Waals surface area contributed by atoms with Crippen molar-refractivity contribution in [3.8, 4) is 0 Å². The molecule has 0 unspecified atom stereocenters. The molecule has 130 valence electrons. The van der Waals surface area contributed by atoms with E-state index in [1.54, 1.807) is 0 Å². The molecule has 0 spiro atoms. The molecular formula is C20H20N6. The molecule has 2 aromatic carbocycles. The third-order valence-corrected chi connectivity index (χ3v) is 4.23. The molecule has 0 fully saturated rings. The maximum absolute atomic E-state index is 5.91. The second-order valence-electron chi connectivity index (χ2n) is 6.08. The Morgan fingerprint density at radius 3 is 1.54 bits per heavy atom. The van der Waals surface area contributed by atoms with Crippen molar-refractivity contribution in [2.75, 3.05) is 35.2 Å². The molecule has 6 N–H and O–H groups in total. The molecule has 0 aliphatic heterocycles. The zero-order chi connectivity index (χ0) is 17.9. The maximum Gasteiger partial charge on any atom is 0.126 e. The summed E-state index contributed by atoms with van der Waals surface area (Å²) in [4.78, 5) is 8.71. The Labute approximate surface area is 151 Å². The van der Waals surface area contributed by atoms with E-state index in [1.807, 2.05) is 60.7 Å². The van der Waals surface area contributed by atoms with Crippen LogP contribution in [0.4, 0.5) is 23.0 Å². The average molecular weight is 344 g/mol. The van der Waals surface area contributed by atoms with Gasteiger partial charge in [-0.1, -0.05) is 36.4 Å². The van der Waals surface area contributed by atoms with Crippen molar-refractivity contribution >= 4 is 44.8 Å². The molecule has 26 heavy (non-hydrogen) atoms. The SMILES string of the molecule is Nc1cc(NCCNc2cc(N)nc3ccccc23)c2ccccc2n1. The van der Waals surface area contributed by atoms with Crippen LogP contribution in [-0.2, 0) is 0 Å². The van der Waals surface area contributed by atoms with Gasteiger partial charge in [-0.3, -0.25) is 0 Å². The second kappa shape index (κ2) is 6.76. The number of nitrogen functional groups attached to an aromatic ring is 2. The van der Waals surface area contributed by atoms with Gasteiger partial charge in [-0.2, -0.15) is 0 Å². The van der Waals surface area contributed by atoms with Crippen molar-refractivity contribution in [2.24, 2.45) is 0 Å². The van der Waals surface area contributed by atoms with E-state index >= 15 is 0 Å². The zero-order valence-corrected chi connectivity index (χ0v) is 14.2. The fourth-order valence-corrected chi connectivity index (χ4v) is 3.08. The Bertz CT molecular complexity index is 989. The summed E-state index contributed by atoms with van der Waals surface area (Å²) in [6, 6.07) is 19.6. The minimum Gasteiger partial charge on any atom is -0.384 e. The predicted molar refractivity (Wildman–Crippen MR) is 109 cm³/mol. The molecule has 6 nitrogen and oxygen atoms in total. The number of nitrogens with one attached hydrogen (secondary N) is 2.